The van der Waals surface area contributed by atoms with Crippen LogP contribution in [-0.2, 0) is 10.2 Å². The second-order valence-electron chi connectivity index (χ2n) is 12.1. The van der Waals surface area contributed by atoms with Gasteiger partial charge in [0.15, 0.2) is 0 Å². The normalized spacial score (nSPS) is 22.1. The third kappa shape index (κ3) is 5.07. The number of para-hydroxylation sites is 1. The number of hydrogen-bond acceptors (Lipinski definition) is 6. The predicted octanol–water partition coefficient (Wildman–Crippen LogP) is 5.30. The molecule has 1 saturated carbocycles. The summed E-state index contributed by atoms with van der Waals surface area (Å²) >= 11 is 0. The minimum absolute atomic E-state index is 0.192. The van der Waals surface area contributed by atoms with Crippen LogP contribution in [0.1, 0.15) is 63.4 Å². The third-order valence-electron chi connectivity index (χ3n) is 9.82. The Balaban J connectivity index is 1.23. The highest BCUT2D eigenvalue weighted by atomic mass is 16.3. The summed E-state index contributed by atoms with van der Waals surface area (Å²) in [6, 6.07) is 19.9. The van der Waals surface area contributed by atoms with Gasteiger partial charge in [-0.15, -0.1) is 0 Å². The van der Waals surface area contributed by atoms with Crippen LogP contribution in [0.25, 0.3) is 11.3 Å². The third-order valence-corrected chi connectivity index (χ3v) is 9.82. The minimum atomic E-state index is -0.544. The summed E-state index contributed by atoms with van der Waals surface area (Å²) in [6.45, 7) is 2.48. The standard InChI is InChI=1S/C33H41N5O2/c1-37(26-14-19-34-32(23-26)15-8-3-9-16-32)31(40)33(25-10-4-2-5-11-25)17-20-38(21-18-33)27-22-29(36-35-24-27)28-12-6-7-13-30(28)39/h2,4-7,10-13,22,24,26,34,39H,3,8-9,14-21,23H2,1H3. The zero-order valence-corrected chi connectivity index (χ0v) is 23.6. The van der Waals surface area contributed by atoms with Gasteiger partial charge in [0.05, 0.1) is 23.0 Å². The van der Waals surface area contributed by atoms with Crippen molar-refractivity contribution in [3.05, 3.63) is 72.4 Å². The van der Waals surface area contributed by atoms with Crippen LogP contribution in [0.2, 0.25) is 0 Å². The van der Waals surface area contributed by atoms with E-state index in [4.69, 9.17) is 0 Å². The highest BCUT2D eigenvalue weighted by Crippen LogP contribution is 2.41. The number of phenolic OH excluding ortho intramolecular Hbond substituents is 1. The highest BCUT2D eigenvalue weighted by molar-refractivity contribution is 5.89. The monoisotopic (exact) mass is 539 g/mol. The maximum absolute atomic E-state index is 14.5. The van der Waals surface area contributed by atoms with E-state index in [-0.39, 0.29) is 23.2 Å². The molecule has 1 spiro atoms. The number of aromatic nitrogens is 2. The van der Waals surface area contributed by atoms with Gasteiger partial charge in [0.25, 0.3) is 0 Å². The van der Waals surface area contributed by atoms with Gasteiger partial charge in [0.1, 0.15) is 5.75 Å². The lowest BCUT2D eigenvalue weighted by Gasteiger charge is -2.49. The fourth-order valence-corrected chi connectivity index (χ4v) is 7.45. The molecule has 0 radical (unpaired) electrons. The summed E-state index contributed by atoms with van der Waals surface area (Å²) in [7, 11) is 2.05. The molecule has 7 heteroatoms. The summed E-state index contributed by atoms with van der Waals surface area (Å²) in [5.41, 5.74) is 3.07. The molecule has 2 N–H and O–H groups in total. The summed E-state index contributed by atoms with van der Waals surface area (Å²) in [5.74, 6) is 0.455. The predicted molar refractivity (Wildman–Crippen MR) is 158 cm³/mol. The maximum atomic E-state index is 14.5. The lowest BCUT2D eigenvalue weighted by atomic mass is 9.70. The van der Waals surface area contributed by atoms with Gasteiger partial charge in [-0.05, 0) is 68.8 Å². The first-order valence-electron chi connectivity index (χ1n) is 14.9. The van der Waals surface area contributed by atoms with Crippen molar-refractivity contribution in [2.45, 2.75) is 74.8 Å². The number of nitrogens with one attached hydrogen (secondary N) is 1. The molecular formula is C33H41N5O2. The lowest BCUT2D eigenvalue weighted by molar-refractivity contribution is -0.140. The zero-order chi connectivity index (χ0) is 27.6. The molecule has 6 rings (SSSR count). The van der Waals surface area contributed by atoms with Crippen molar-refractivity contribution >= 4 is 11.6 Å². The second-order valence-corrected chi connectivity index (χ2v) is 12.1. The minimum Gasteiger partial charge on any atom is -0.507 e. The number of aromatic hydroxyl groups is 1. The average molecular weight is 540 g/mol. The molecule has 7 nitrogen and oxygen atoms in total. The summed E-state index contributed by atoms with van der Waals surface area (Å²) < 4.78 is 0. The number of nitrogens with zero attached hydrogens (tertiary/aromatic N) is 4. The van der Waals surface area contributed by atoms with Crippen LogP contribution in [0.5, 0.6) is 5.75 Å². The van der Waals surface area contributed by atoms with E-state index in [1.165, 1.54) is 32.1 Å². The molecule has 2 saturated heterocycles. The molecule has 3 aromatic rings. The Bertz CT molecular complexity index is 1310. The lowest BCUT2D eigenvalue weighted by Crippen LogP contribution is -2.60. The summed E-state index contributed by atoms with van der Waals surface area (Å²) in [6.07, 6.45) is 11.7. The van der Waals surface area contributed by atoms with Gasteiger partial charge in [-0.2, -0.15) is 10.2 Å². The van der Waals surface area contributed by atoms with Crippen LogP contribution < -0.4 is 10.2 Å². The van der Waals surface area contributed by atoms with E-state index in [9.17, 15) is 9.90 Å². The van der Waals surface area contributed by atoms with E-state index in [1.807, 2.05) is 24.3 Å². The van der Waals surface area contributed by atoms with E-state index in [1.54, 1.807) is 18.3 Å². The number of likely N-dealkylation sites (N-methyl/N-ethyl adjacent to an activating group) is 1. The molecule has 2 aromatic carbocycles. The van der Waals surface area contributed by atoms with Crippen LogP contribution in [0.4, 0.5) is 5.69 Å². The fraction of sp³-hybridized carbons (Fsp3) is 0.485. The number of phenols is 1. The van der Waals surface area contributed by atoms with E-state index >= 15 is 0 Å². The zero-order valence-electron chi connectivity index (χ0n) is 23.6. The van der Waals surface area contributed by atoms with Crippen molar-refractivity contribution in [1.29, 1.82) is 0 Å². The van der Waals surface area contributed by atoms with Gasteiger partial charge in [-0.25, -0.2) is 0 Å². The Morgan fingerprint density at radius 3 is 2.48 bits per heavy atom. The Morgan fingerprint density at radius 2 is 1.73 bits per heavy atom. The number of piperidine rings is 2. The molecule has 3 heterocycles. The molecule has 3 fully saturated rings. The van der Waals surface area contributed by atoms with E-state index in [0.717, 1.165) is 56.6 Å². The molecule has 1 atom stereocenters. The van der Waals surface area contributed by atoms with Gasteiger partial charge >= 0.3 is 0 Å². The Morgan fingerprint density at radius 1 is 1.00 bits per heavy atom. The number of benzene rings is 2. The molecule has 0 bridgehead atoms. The first-order chi connectivity index (χ1) is 19.5. The molecule has 1 aliphatic carbocycles. The SMILES string of the molecule is CN(C(=O)C1(c2ccccc2)CCN(c2cnnc(-c3ccccc3O)c2)CC1)C1CCNC2(CCCCC2)C1. The maximum Gasteiger partial charge on any atom is 0.233 e. The molecular weight excluding hydrogens is 498 g/mol. The molecule has 210 valence electrons. The fourth-order valence-electron chi connectivity index (χ4n) is 7.45. The highest BCUT2D eigenvalue weighted by Gasteiger charge is 2.47. The Kier molecular flexibility index (Phi) is 7.49. The number of amides is 1. The molecule has 2 aliphatic heterocycles. The van der Waals surface area contributed by atoms with Gasteiger partial charge in [-0.3, -0.25) is 4.79 Å². The molecule has 1 aromatic heterocycles. The van der Waals surface area contributed by atoms with Crippen LogP contribution in [0.15, 0.2) is 66.9 Å². The number of hydrogen-bond donors (Lipinski definition) is 2. The summed E-state index contributed by atoms with van der Waals surface area (Å²) in [4.78, 5) is 19.0. The largest absolute Gasteiger partial charge is 0.507 e. The molecule has 3 aliphatic rings. The van der Waals surface area contributed by atoms with E-state index in [2.05, 4.69) is 56.6 Å². The topological polar surface area (TPSA) is 81.6 Å². The second kappa shape index (κ2) is 11.2. The van der Waals surface area contributed by atoms with Gasteiger partial charge in [0, 0.05) is 37.3 Å². The van der Waals surface area contributed by atoms with Gasteiger partial charge in [-0.1, -0.05) is 61.7 Å². The average Bonchev–Trinajstić information content (AvgIpc) is 3.01. The Labute approximate surface area is 237 Å². The molecule has 40 heavy (non-hydrogen) atoms. The number of carbonyl (C=O) groups excluding carboxylic acids is 1. The quantitative estimate of drug-likeness (QED) is 0.458. The van der Waals surface area contributed by atoms with Crippen molar-refractivity contribution in [2.75, 3.05) is 31.6 Å². The smallest absolute Gasteiger partial charge is 0.233 e. The van der Waals surface area contributed by atoms with Crippen molar-refractivity contribution in [2.24, 2.45) is 0 Å². The van der Waals surface area contributed by atoms with Crippen LogP contribution in [-0.4, -0.2) is 64.4 Å². The van der Waals surface area contributed by atoms with E-state index in [0.29, 0.717) is 11.3 Å². The van der Waals surface area contributed by atoms with Crippen LogP contribution in [0, 0.1) is 0 Å². The first kappa shape index (κ1) is 26.8. The number of anilines is 1. The van der Waals surface area contributed by atoms with Gasteiger partial charge < -0.3 is 20.2 Å². The van der Waals surface area contributed by atoms with Crippen molar-refractivity contribution in [3.8, 4) is 17.0 Å². The van der Waals surface area contributed by atoms with E-state index < -0.39 is 5.41 Å². The van der Waals surface area contributed by atoms with Crippen LogP contribution in [0.3, 0.4) is 0 Å². The Hall–Kier alpha value is -3.45. The first-order valence-corrected chi connectivity index (χ1v) is 14.9. The molecule has 1 amide bonds. The van der Waals surface area contributed by atoms with Crippen molar-refractivity contribution in [3.63, 3.8) is 0 Å². The van der Waals surface area contributed by atoms with Crippen molar-refractivity contribution in [1.82, 2.24) is 20.4 Å². The van der Waals surface area contributed by atoms with Crippen molar-refractivity contribution < 1.29 is 9.90 Å². The number of carbonyl (C=O) groups is 1. The number of rotatable bonds is 5. The van der Waals surface area contributed by atoms with Crippen LogP contribution >= 0.6 is 0 Å². The van der Waals surface area contributed by atoms with Gasteiger partial charge in [0.2, 0.25) is 5.91 Å². The molecule has 1 unspecified atom stereocenters. The summed E-state index contributed by atoms with van der Waals surface area (Å²) in [5, 5.41) is 22.7.